The molecule has 228 valence electrons. The van der Waals surface area contributed by atoms with Gasteiger partial charge in [-0.2, -0.15) is 0 Å². The molecular formula is C41H49N3. The quantitative estimate of drug-likeness (QED) is 0.344. The minimum Gasteiger partial charge on any atom is -0.367 e. The van der Waals surface area contributed by atoms with Crippen LogP contribution in [-0.2, 0) is 0 Å². The van der Waals surface area contributed by atoms with Gasteiger partial charge in [0.15, 0.2) is 0 Å². The monoisotopic (exact) mass is 583 g/mol. The fourth-order valence-electron chi connectivity index (χ4n) is 7.93. The molecule has 1 N–H and O–H groups in total. The van der Waals surface area contributed by atoms with Crippen LogP contribution >= 0.6 is 0 Å². The molecule has 4 aliphatic carbocycles. The van der Waals surface area contributed by atoms with Crippen LogP contribution in [0.4, 0.5) is 0 Å². The van der Waals surface area contributed by atoms with Gasteiger partial charge in [0.25, 0.3) is 0 Å². The summed E-state index contributed by atoms with van der Waals surface area (Å²) >= 11 is 0. The third kappa shape index (κ3) is 6.77. The number of nitrogens with one attached hydrogen (secondary N) is 1. The van der Waals surface area contributed by atoms with Crippen molar-refractivity contribution in [2.45, 2.75) is 108 Å². The van der Waals surface area contributed by atoms with Crippen LogP contribution in [0, 0.1) is 11.8 Å². The first kappa shape index (κ1) is 29.3. The summed E-state index contributed by atoms with van der Waals surface area (Å²) in [5.41, 5.74) is 10.1. The summed E-state index contributed by atoms with van der Waals surface area (Å²) in [4.78, 5) is 10.8. The highest BCUT2D eigenvalue weighted by Gasteiger charge is 2.27. The van der Waals surface area contributed by atoms with Crippen molar-refractivity contribution in [3.63, 3.8) is 0 Å². The molecule has 3 atom stereocenters. The summed E-state index contributed by atoms with van der Waals surface area (Å²) in [6.45, 7) is 0. The zero-order valence-corrected chi connectivity index (χ0v) is 26.4. The van der Waals surface area contributed by atoms with E-state index >= 15 is 0 Å². The van der Waals surface area contributed by atoms with E-state index in [0.717, 1.165) is 31.4 Å². The van der Waals surface area contributed by atoms with Crippen LogP contribution < -0.4 is 5.32 Å². The molecule has 1 saturated carbocycles. The maximum atomic E-state index is 5.49. The lowest BCUT2D eigenvalue weighted by molar-refractivity contribution is 0.345. The maximum Gasteiger partial charge on any atom is 0.125 e. The first-order valence-corrected chi connectivity index (χ1v) is 17.7. The van der Waals surface area contributed by atoms with Crippen molar-refractivity contribution in [2.75, 3.05) is 0 Å². The fraction of sp³-hybridized carbons (Fsp3) is 0.463. The zero-order chi connectivity index (χ0) is 29.6. The highest BCUT2D eigenvalue weighted by molar-refractivity contribution is 6.01. The largest absolute Gasteiger partial charge is 0.367 e. The van der Waals surface area contributed by atoms with Gasteiger partial charge in [-0.05, 0) is 100 Å². The van der Waals surface area contributed by atoms with Crippen LogP contribution in [0.25, 0.3) is 16.8 Å². The zero-order valence-electron chi connectivity index (χ0n) is 26.4. The Morgan fingerprint density at radius 3 is 2.23 bits per heavy atom. The molecule has 0 radical (unpaired) electrons. The van der Waals surface area contributed by atoms with E-state index in [1.165, 1.54) is 110 Å². The number of hydrogen-bond acceptors (Lipinski definition) is 3. The summed E-state index contributed by atoms with van der Waals surface area (Å²) < 4.78 is 0. The highest BCUT2D eigenvalue weighted by Crippen LogP contribution is 2.36. The van der Waals surface area contributed by atoms with Gasteiger partial charge in [-0.25, -0.2) is 0 Å². The van der Waals surface area contributed by atoms with Crippen molar-refractivity contribution < 1.29 is 0 Å². The van der Waals surface area contributed by atoms with Gasteiger partial charge in [-0.1, -0.05) is 98.2 Å². The van der Waals surface area contributed by atoms with Crippen LogP contribution in [0.3, 0.4) is 0 Å². The van der Waals surface area contributed by atoms with Gasteiger partial charge in [0.1, 0.15) is 6.17 Å². The van der Waals surface area contributed by atoms with E-state index < -0.39 is 0 Å². The number of benzene rings is 1. The molecule has 0 saturated heterocycles. The summed E-state index contributed by atoms with van der Waals surface area (Å²) in [7, 11) is 0. The van der Waals surface area contributed by atoms with E-state index in [0.29, 0.717) is 17.8 Å². The maximum absolute atomic E-state index is 5.49. The predicted molar refractivity (Wildman–Crippen MR) is 186 cm³/mol. The normalized spacial score (nSPS) is 27.4. The third-order valence-electron chi connectivity index (χ3n) is 10.4. The Bertz CT molecular complexity index is 1480. The van der Waals surface area contributed by atoms with Crippen molar-refractivity contribution in [3.8, 4) is 11.3 Å². The van der Waals surface area contributed by atoms with E-state index in [1.54, 1.807) is 0 Å². The minimum atomic E-state index is 0.123. The summed E-state index contributed by atoms with van der Waals surface area (Å²) in [6, 6.07) is 13.7. The molecule has 3 unspecified atom stereocenters. The number of pyridine rings is 1. The lowest BCUT2D eigenvalue weighted by Crippen LogP contribution is -2.38. The molecule has 44 heavy (non-hydrogen) atoms. The molecule has 1 fully saturated rings. The fourth-order valence-corrected chi connectivity index (χ4v) is 7.93. The molecule has 2 heterocycles. The smallest absolute Gasteiger partial charge is 0.125 e. The molecule has 2 aromatic rings. The molecular weight excluding hydrogens is 534 g/mol. The van der Waals surface area contributed by atoms with Gasteiger partial charge in [-0.15, -0.1) is 0 Å². The van der Waals surface area contributed by atoms with Crippen molar-refractivity contribution in [1.29, 1.82) is 0 Å². The SMILES string of the molecule is C1=CC(c2ccc(-c3ccc(C4=NC(C5C=CCCC5)N/C(C5CCCCC5)=C\CC4)cc3)nc2C2C=CCCC2)=CCC1. The topological polar surface area (TPSA) is 37.3 Å². The van der Waals surface area contributed by atoms with Crippen molar-refractivity contribution in [2.24, 2.45) is 16.8 Å². The second-order valence-electron chi connectivity index (χ2n) is 13.5. The van der Waals surface area contributed by atoms with E-state index in [-0.39, 0.29) is 6.17 Å². The average molecular weight is 584 g/mol. The molecule has 0 spiro atoms. The third-order valence-corrected chi connectivity index (χ3v) is 10.4. The molecule has 3 heteroatoms. The first-order chi connectivity index (χ1) is 21.8. The summed E-state index contributed by atoms with van der Waals surface area (Å²) in [5, 5.41) is 4.00. The van der Waals surface area contributed by atoms with Crippen LogP contribution in [-0.4, -0.2) is 16.9 Å². The number of aliphatic imine (C=N–C) groups is 1. The van der Waals surface area contributed by atoms with Gasteiger partial charge in [0, 0.05) is 34.4 Å². The van der Waals surface area contributed by atoms with Gasteiger partial charge in [-0.3, -0.25) is 9.98 Å². The number of allylic oxidation sites excluding steroid dienone is 9. The molecule has 1 aromatic carbocycles. The van der Waals surface area contributed by atoms with Crippen LogP contribution in [0.15, 0.2) is 95.7 Å². The Hall–Kier alpha value is -3.46. The average Bonchev–Trinajstić information content (AvgIpc) is 3.10. The minimum absolute atomic E-state index is 0.123. The second kappa shape index (κ2) is 14.1. The Balaban J connectivity index is 1.16. The number of aromatic nitrogens is 1. The summed E-state index contributed by atoms with van der Waals surface area (Å²) in [6.07, 6.45) is 37.5. The molecule has 1 aliphatic heterocycles. The van der Waals surface area contributed by atoms with Crippen LogP contribution in [0.1, 0.15) is 119 Å². The Labute approximate surface area is 265 Å². The van der Waals surface area contributed by atoms with E-state index in [2.05, 4.69) is 90.3 Å². The summed E-state index contributed by atoms with van der Waals surface area (Å²) in [5.74, 6) is 1.55. The lowest BCUT2D eigenvalue weighted by Gasteiger charge is -2.33. The van der Waals surface area contributed by atoms with Crippen LogP contribution in [0.2, 0.25) is 0 Å². The predicted octanol–water partition coefficient (Wildman–Crippen LogP) is 10.6. The van der Waals surface area contributed by atoms with E-state index in [4.69, 9.17) is 9.98 Å². The van der Waals surface area contributed by atoms with Crippen molar-refractivity contribution >= 4 is 11.3 Å². The highest BCUT2D eigenvalue weighted by atomic mass is 15.1. The van der Waals surface area contributed by atoms with Gasteiger partial charge in [0.2, 0.25) is 0 Å². The number of nitrogens with zero attached hydrogens (tertiary/aromatic N) is 2. The molecule has 7 rings (SSSR count). The van der Waals surface area contributed by atoms with E-state index in [1.807, 2.05) is 0 Å². The number of hydrogen-bond donors (Lipinski definition) is 1. The Kier molecular flexibility index (Phi) is 9.38. The van der Waals surface area contributed by atoms with Crippen molar-refractivity contribution in [1.82, 2.24) is 10.3 Å². The standard InChI is InChI=1S/C41H49N3/c1-5-14-30(15-6-1)36-28-29-39(42-40(36)34-18-9-3-10-19-34)33-26-24-32(25-27-33)38-23-13-22-37(31-16-7-2-8-17-31)43-41(44-38)35-20-11-4-12-21-35/h5,9,11,14-15,18,20,22,24-29,31,34-35,41,43H,1-4,6-8,10,12-13,16-17,19,21,23H2/b37-22-,44-38?. The van der Waals surface area contributed by atoms with Gasteiger partial charge < -0.3 is 5.32 Å². The number of rotatable bonds is 6. The van der Waals surface area contributed by atoms with Gasteiger partial charge >= 0.3 is 0 Å². The lowest BCUT2D eigenvalue weighted by atomic mass is 9.85. The molecule has 0 bridgehead atoms. The van der Waals surface area contributed by atoms with E-state index in [9.17, 15) is 0 Å². The Morgan fingerprint density at radius 1 is 0.659 bits per heavy atom. The molecule has 5 aliphatic rings. The molecule has 0 amide bonds. The van der Waals surface area contributed by atoms with Crippen molar-refractivity contribution in [3.05, 3.63) is 108 Å². The molecule has 1 aromatic heterocycles. The molecule has 3 nitrogen and oxygen atoms in total. The Morgan fingerprint density at radius 2 is 1.48 bits per heavy atom. The van der Waals surface area contributed by atoms with Gasteiger partial charge in [0.05, 0.1) is 11.4 Å². The first-order valence-electron chi connectivity index (χ1n) is 17.7. The second-order valence-corrected chi connectivity index (χ2v) is 13.5. The van der Waals surface area contributed by atoms with Crippen LogP contribution in [0.5, 0.6) is 0 Å².